The highest BCUT2D eigenvalue weighted by molar-refractivity contribution is 7.89. The molecule has 0 aliphatic carbocycles. The highest BCUT2D eigenvalue weighted by Crippen LogP contribution is 2.21. The average Bonchev–Trinajstić information content (AvgIpc) is 3.45. The summed E-state index contributed by atoms with van der Waals surface area (Å²) in [7, 11) is -3.68. The van der Waals surface area contributed by atoms with E-state index >= 15 is 0 Å². The summed E-state index contributed by atoms with van der Waals surface area (Å²) >= 11 is 0. The quantitative estimate of drug-likeness (QED) is 0.421. The van der Waals surface area contributed by atoms with Gasteiger partial charge < -0.3 is 13.7 Å². The second-order valence-corrected chi connectivity index (χ2v) is 8.29. The number of pyridine rings is 1. The van der Waals surface area contributed by atoms with Gasteiger partial charge in [0, 0.05) is 11.6 Å². The predicted molar refractivity (Wildman–Crippen MR) is 111 cm³/mol. The van der Waals surface area contributed by atoms with Gasteiger partial charge in [-0.1, -0.05) is 11.2 Å². The van der Waals surface area contributed by atoms with Crippen molar-refractivity contribution >= 4 is 10.0 Å². The van der Waals surface area contributed by atoms with Gasteiger partial charge >= 0.3 is 0 Å². The molecule has 1 N–H and O–H groups in total. The third-order valence-corrected chi connectivity index (χ3v) is 5.73. The van der Waals surface area contributed by atoms with Gasteiger partial charge in [-0.2, -0.15) is 4.98 Å². The minimum atomic E-state index is -3.68. The standard InChI is InChI=1S/C21H20N4O5S/c1-2-28-20-7-3-5-16(23-20)13-19-24-21(30-25-19)15-8-10-18(11-9-15)31(26,27)22-14-17-6-4-12-29-17/h3-12,22H,2,13-14H2,1H3. The normalized spacial score (nSPS) is 11.5. The maximum absolute atomic E-state index is 12.4. The zero-order valence-electron chi connectivity index (χ0n) is 16.7. The molecule has 4 aromatic rings. The maximum atomic E-state index is 12.4. The molecule has 3 aromatic heterocycles. The Morgan fingerprint density at radius 1 is 1.03 bits per heavy atom. The van der Waals surface area contributed by atoms with Crippen LogP contribution in [0.2, 0.25) is 0 Å². The van der Waals surface area contributed by atoms with Crippen LogP contribution in [-0.2, 0) is 23.0 Å². The minimum absolute atomic E-state index is 0.0721. The van der Waals surface area contributed by atoms with E-state index in [1.807, 2.05) is 19.1 Å². The number of hydrogen-bond acceptors (Lipinski definition) is 8. The molecule has 10 heteroatoms. The molecule has 9 nitrogen and oxygen atoms in total. The monoisotopic (exact) mass is 440 g/mol. The maximum Gasteiger partial charge on any atom is 0.257 e. The number of rotatable bonds is 9. The van der Waals surface area contributed by atoms with Crippen molar-refractivity contribution in [2.45, 2.75) is 24.8 Å². The summed E-state index contributed by atoms with van der Waals surface area (Å²) < 4.78 is 43.2. The molecule has 0 spiro atoms. The predicted octanol–water partition coefficient (Wildman–Crippen LogP) is 3.19. The third kappa shape index (κ3) is 5.16. The molecule has 4 rings (SSSR count). The van der Waals surface area contributed by atoms with Crippen molar-refractivity contribution in [1.82, 2.24) is 19.8 Å². The summed E-state index contributed by atoms with van der Waals surface area (Å²) in [4.78, 5) is 8.89. The van der Waals surface area contributed by atoms with E-state index in [-0.39, 0.29) is 11.4 Å². The van der Waals surface area contributed by atoms with E-state index in [4.69, 9.17) is 13.7 Å². The van der Waals surface area contributed by atoms with Crippen LogP contribution in [0, 0.1) is 0 Å². The highest BCUT2D eigenvalue weighted by atomic mass is 32.2. The summed E-state index contributed by atoms with van der Waals surface area (Å²) in [6, 6.07) is 15.1. The van der Waals surface area contributed by atoms with Gasteiger partial charge in [-0.15, -0.1) is 0 Å². The molecule has 0 aliphatic heterocycles. The Labute approximate surface area is 179 Å². The lowest BCUT2D eigenvalue weighted by Crippen LogP contribution is -2.22. The fraction of sp³-hybridized carbons (Fsp3) is 0.190. The molecule has 0 fully saturated rings. The number of furan rings is 1. The van der Waals surface area contributed by atoms with Crippen LogP contribution in [0.4, 0.5) is 0 Å². The lowest BCUT2D eigenvalue weighted by molar-refractivity contribution is 0.326. The molecule has 0 radical (unpaired) electrons. The molecular formula is C21H20N4O5S. The Bertz CT molecular complexity index is 1240. The van der Waals surface area contributed by atoms with Crippen molar-refractivity contribution in [1.29, 1.82) is 0 Å². The van der Waals surface area contributed by atoms with Crippen LogP contribution in [0.1, 0.15) is 24.2 Å². The third-order valence-electron chi connectivity index (χ3n) is 4.31. The molecule has 160 valence electrons. The smallest absolute Gasteiger partial charge is 0.257 e. The second-order valence-electron chi connectivity index (χ2n) is 6.52. The second kappa shape index (κ2) is 9.11. The molecule has 0 saturated carbocycles. The number of ether oxygens (including phenoxy) is 1. The van der Waals surface area contributed by atoms with Crippen molar-refractivity contribution in [3.8, 4) is 17.3 Å². The highest BCUT2D eigenvalue weighted by Gasteiger charge is 2.16. The molecule has 0 atom stereocenters. The number of benzene rings is 1. The molecular weight excluding hydrogens is 420 g/mol. The first-order chi connectivity index (χ1) is 15.0. The Balaban J connectivity index is 1.43. The molecule has 0 saturated heterocycles. The average molecular weight is 440 g/mol. The van der Waals surface area contributed by atoms with Gasteiger partial charge in [-0.25, -0.2) is 18.1 Å². The van der Waals surface area contributed by atoms with Gasteiger partial charge in [-0.3, -0.25) is 0 Å². The molecule has 31 heavy (non-hydrogen) atoms. The van der Waals surface area contributed by atoms with E-state index in [0.717, 1.165) is 5.69 Å². The van der Waals surface area contributed by atoms with E-state index in [1.165, 1.54) is 18.4 Å². The zero-order chi connectivity index (χ0) is 21.7. The first-order valence-electron chi connectivity index (χ1n) is 9.57. The largest absolute Gasteiger partial charge is 0.478 e. The summed E-state index contributed by atoms with van der Waals surface area (Å²) in [6.07, 6.45) is 1.87. The van der Waals surface area contributed by atoms with Gasteiger partial charge in [0.25, 0.3) is 5.89 Å². The van der Waals surface area contributed by atoms with Gasteiger partial charge in [0.15, 0.2) is 5.82 Å². The number of aromatic nitrogens is 3. The SMILES string of the molecule is CCOc1cccc(Cc2noc(-c3ccc(S(=O)(=O)NCc4ccco4)cc3)n2)n1. The fourth-order valence-corrected chi connectivity index (χ4v) is 3.82. The van der Waals surface area contributed by atoms with Crippen molar-refractivity contribution in [3.05, 3.63) is 78.1 Å². The van der Waals surface area contributed by atoms with Gasteiger partial charge in [0.1, 0.15) is 5.76 Å². The molecule has 0 bridgehead atoms. The zero-order valence-corrected chi connectivity index (χ0v) is 17.5. The summed E-state index contributed by atoms with van der Waals surface area (Å²) in [5.74, 6) is 1.83. The molecule has 0 unspecified atom stereocenters. The van der Waals surface area contributed by atoms with Crippen LogP contribution in [0.3, 0.4) is 0 Å². The molecule has 0 aliphatic rings. The summed E-state index contributed by atoms with van der Waals surface area (Å²) in [5, 5.41) is 3.98. The van der Waals surface area contributed by atoms with Crippen molar-refractivity contribution < 1.29 is 22.1 Å². The van der Waals surface area contributed by atoms with Gasteiger partial charge in [0.2, 0.25) is 15.9 Å². The minimum Gasteiger partial charge on any atom is -0.478 e. The van der Waals surface area contributed by atoms with Crippen LogP contribution in [0.25, 0.3) is 11.5 Å². The van der Waals surface area contributed by atoms with Gasteiger partial charge in [0.05, 0.1) is 36.4 Å². The van der Waals surface area contributed by atoms with E-state index in [1.54, 1.807) is 30.3 Å². The fourth-order valence-electron chi connectivity index (χ4n) is 2.83. The number of nitrogens with one attached hydrogen (secondary N) is 1. The van der Waals surface area contributed by atoms with Crippen LogP contribution in [0.15, 0.2) is 74.7 Å². The van der Waals surface area contributed by atoms with Crippen LogP contribution in [-0.4, -0.2) is 30.1 Å². The van der Waals surface area contributed by atoms with Crippen LogP contribution in [0.5, 0.6) is 5.88 Å². The first kappa shape index (κ1) is 20.8. The lowest BCUT2D eigenvalue weighted by atomic mass is 10.2. The van der Waals surface area contributed by atoms with E-state index < -0.39 is 10.0 Å². The summed E-state index contributed by atoms with van der Waals surface area (Å²) in [5.41, 5.74) is 1.36. The number of hydrogen-bond donors (Lipinski definition) is 1. The Morgan fingerprint density at radius 2 is 1.87 bits per heavy atom. The number of sulfonamides is 1. The van der Waals surface area contributed by atoms with E-state index in [2.05, 4.69) is 19.8 Å². The number of nitrogens with zero attached hydrogens (tertiary/aromatic N) is 3. The lowest BCUT2D eigenvalue weighted by Gasteiger charge is -2.05. The molecule has 1 aromatic carbocycles. The van der Waals surface area contributed by atoms with Crippen LogP contribution < -0.4 is 9.46 Å². The van der Waals surface area contributed by atoms with Crippen LogP contribution >= 0.6 is 0 Å². The van der Waals surface area contributed by atoms with Crippen molar-refractivity contribution in [2.24, 2.45) is 0 Å². The molecule has 0 amide bonds. The first-order valence-corrected chi connectivity index (χ1v) is 11.1. The summed E-state index contributed by atoms with van der Waals surface area (Å²) in [6.45, 7) is 2.50. The Kier molecular flexibility index (Phi) is 6.10. The van der Waals surface area contributed by atoms with Gasteiger partial charge in [-0.05, 0) is 49.4 Å². The molecule has 3 heterocycles. The van der Waals surface area contributed by atoms with Crippen molar-refractivity contribution in [3.63, 3.8) is 0 Å². The Hall–Kier alpha value is -3.50. The Morgan fingerprint density at radius 3 is 2.61 bits per heavy atom. The van der Waals surface area contributed by atoms with E-state index in [9.17, 15) is 8.42 Å². The van der Waals surface area contributed by atoms with Crippen molar-refractivity contribution in [2.75, 3.05) is 6.61 Å². The topological polar surface area (TPSA) is 120 Å². The van der Waals surface area contributed by atoms with E-state index in [0.29, 0.717) is 41.9 Å².